The predicted molar refractivity (Wildman–Crippen MR) is 78.5 cm³/mol. The number of benzene rings is 1. The summed E-state index contributed by atoms with van der Waals surface area (Å²) in [4.78, 5) is 11.9. The third-order valence-corrected chi connectivity index (χ3v) is 3.57. The van der Waals surface area contributed by atoms with Crippen LogP contribution in [0.3, 0.4) is 0 Å². The topological polar surface area (TPSA) is 64.4 Å². The van der Waals surface area contributed by atoms with Crippen molar-refractivity contribution in [3.8, 4) is 5.75 Å². The summed E-state index contributed by atoms with van der Waals surface area (Å²) in [6.45, 7) is 1.77. The molecule has 0 atom stereocenters. The summed E-state index contributed by atoms with van der Waals surface area (Å²) < 4.78 is 10.8. The molecule has 1 N–H and O–H groups in total. The van der Waals surface area contributed by atoms with Crippen molar-refractivity contribution in [1.29, 1.82) is 0 Å². The van der Waals surface area contributed by atoms with Crippen molar-refractivity contribution in [2.45, 2.75) is 38.7 Å². The Morgan fingerprint density at radius 3 is 2.62 bits per heavy atom. The summed E-state index contributed by atoms with van der Waals surface area (Å²) in [6.07, 6.45) is 5.08. The molecule has 5 heteroatoms. The molecule has 1 heterocycles. The molecule has 0 radical (unpaired) electrons. The predicted octanol–water partition coefficient (Wildman–Crippen LogP) is 3.56. The highest BCUT2D eigenvalue weighted by molar-refractivity contribution is 6.02. The van der Waals surface area contributed by atoms with E-state index < -0.39 is 0 Å². The van der Waals surface area contributed by atoms with Crippen molar-refractivity contribution >= 4 is 11.6 Å². The van der Waals surface area contributed by atoms with Gasteiger partial charge in [-0.3, -0.25) is 4.79 Å². The van der Waals surface area contributed by atoms with E-state index >= 15 is 0 Å². The molecule has 0 saturated heterocycles. The zero-order chi connectivity index (χ0) is 14.7. The maximum atomic E-state index is 11.9. The molecule has 21 heavy (non-hydrogen) atoms. The molecule has 0 unspecified atom stereocenters. The number of ether oxygens (including phenoxy) is 1. The molecule has 3 rings (SSSR count). The highest BCUT2D eigenvalue weighted by Crippen LogP contribution is 2.25. The largest absolute Gasteiger partial charge is 0.490 e. The van der Waals surface area contributed by atoms with Crippen LogP contribution in [0.2, 0.25) is 0 Å². The Morgan fingerprint density at radius 1 is 1.29 bits per heavy atom. The molecule has 1 aliphatic carbocycles. The lowest BCUT2D eigenvalue weighted by Gasteiger charge is -2.13. The average Bonchev–Trinajstić information content (AvgIpc) is 3.12. The van der Waals surface area contributed by atoms with Crippen LogP contribution >= 0.6 is 0 Å². The number of hydrogen-bond donors (Lipinski definition) is 1. The molecule has 2 aromatic rings. The van der Waals surface area contributed by atoms with Crippen LogP contribution in [-0.4, -0.2) is 17.2 Å². The van der Waals surface area contributed by atoms with Crippen LogP contribution in [0.15, 0.2) is 34.9 Å². The van der Waals surface area contributed by atoms with Crippen LogP contribution in [-0.2, 0) is 0 Å². The quantitative estimate of drug-likeness (QED) is 0.933. The van der Waals surface area contributed by atoms with Crippen molar-refractivity contribution in [3.63, 3.8) is 0 Å². The number of carbonyl (C=O) groups is 1. The first-order valence-corrected chi connectivity index (χ1v) is 7.22. The lowest BCUT2D eigenvalue weighted by molar-refractivity contribution is 0.0988. The first kappa shape index (κ1) is 13.7. The zero-order valence-corrected chi connectivity index (χ0v) is 12.0. The van der Waals surface area contributed by atoms with Gasteiger partial charge in [0.05, 0.1) is 11.8 Å². The number of aromatic nitrogens is 1. The van der Waals surface area contributed by atoms with Gasteiger partial charge in [-0.15, -0.1) is 0 Å². The Labute approximate surface area is 123 Å². The Hall–Kier alpha value is -2.30. The standard InChI is InChI=1S/C16H18N2O3/c1-11-10-15(21-18-11)16(19)17-12-6-8-14(9-7-12)20-13-4-2-3-5-13/h6-10,13H,2-5H2,1H3,(H,17,19). The van der Waals surface area contributed by atoms with Crippen LogP contribution in [0, 0.1) is 6.92 Å². The van der Waals surface area contributed by atoms with Gasteiger partial charge in [0.15, 0.2) is 0 Å². The van der Waals surface area contributed by atoms with Crippen LogP contribution in [0.25, 0.3) is 0 Å². The van der Waals surface area contributed by atoms with Gasteiger partial charge in [-0.25, -0.2) is 0 Å². The minimum absolute atomic E-state index is 0.207. The van der Waals surface area contributed by atoms with Gasteiger partial charge in [0.1, 0.15) is 5.75 Å². The lowest BCUT2D eigenvalue weighted by Crippen LogP contribution is -2.12. The Kier molecular flexibility index (Phi) is 3.90. The minimum Gasteiger partial charge on any atom is -0.490 e. The summed E-state index contributed by atoms with van der Waals surface area (Å²) in [7, 11) is 0. The highest BCUT2D eigenvalue weighted by Gasteiger charge is 2.16. The second-order valence-corrected chi connectivity index (χ2v) is 5.34. The zero-order valence-electron chi connectivity index (χ0n) is 12.0. The maximum absolute atomic E-state index is 11.9. The van der Waals surface area contributed by atoms with Crippen molar-refractivity contribution in [3.05, 3.63) is 41.8 Å². The van der Waals surface area contributed by atoms with E-state index in [2.05, 4.69) is 10.5 Å². The molecule has 5 nitrogen and oxygen atoms in total. The molecule has 110 valence electrons. The fraction of sp³-hybridized carbons (Fsp3) is 0.375. The van der Waals surface area contributed by atoms with E-state index in [9.17, 15) is 4.79 Å². The number of rotatable bonds is 4. The molecule has 1 saturated carbocycles. The Bertz CT molecular complexity index is 613. The van der Waals surface area contributed by atoms with Crippen molar-refractivity contribution in [1.82, 2.24) is 5.16 Å². The Balaban J connectivity index is 1.60. The van der Waals surface area contributed by atoms with E-state index in [0.717, 1.165) is 18.6 Å². The van der Waals surface area contributed by atoms with Gasteiger partial charge < -0.3 is 14.6 Å². The summed E-state index contributed by atoms with van der Waals surface area (Å²) in [6, 6.07) is 9.00. The normalized spacial score (nSPS) is 15.1. The molecule has 0 spiro atoms. The Morgan fingerprint density at radius 2 is 2.00 bits per heavy atom. The van der Waals surface area contributed by atoms with Crippen LogP contribution in [0.4, 0.5) is 5.69 Å². The molecule has 1 fully saturated rings. The average molecular weight is 286 g/mol. The van der Waals surface area contributed by atoms with E-state index in [1.807, 2.05) is 24.3 Å². The fourth-order valence-electron chi connectivity index (χ4n) is 2.48. The van der Waals surface area contributed by atoms with E-state index in [1.54, 1.807) is 13.0 Å². The van der Waals surface area contributed by atoms with Gasteiger partial charge in [0.25, 0.3) is 5.91 Å². The van der Waals surface area contributed by atoms with Crippen LogP contribution < -0.4 is 10.1 Å². The summed E-state index contributed by atoms with van der Waals surface area (Å²) in [5.74, 6) is 0.745. The summed E-state index contributed by atoms with van der Waals surface area (Å²) in [5, 5.41) is 6.46. The van der Waals surface area contributed by atoms with E-state index in [0.29, 0.717) is 17.5 Å². The molecule has 1 amide bonds. The minimum atomic E-state index is -0.305. The van der Waals surface area contributed by atoms with Gasteiger partial charge in [0, 0.05) is 11.8 Å². The monoisotopic (exact) mass is 286 g/mol. The SMILES string of the molecule is Cc1cc(C(=O)Nc2ccc(OC3CCCC3)cc2)on1. The lowest BCUT2D eigenvalue weighted by atomic mass is 10.2. The van der Waals surface area contributed by atoms with Crippen LogP contribution in [0.1, 0.15) is 41.9 Å². The van der Waals surface area contributed by atoms with Gasteiger partial charge in [-0.1, -0.05) is 5.16 Å². The van der Waals surface area contributed by atoms with Crippen molar-refractivity contribution in [2.24, 2.45) is 0 Å². The molecule has 1 aromatic carbocycles. The number of nitrogens with zero attached hydrogens (tertiary/aromatic N) is 1. The van der Waals surface area contributed by atoms with Gasteiger partial charge in [-0.2, -0.15) is 0 Å². The molecule has 0 bridgehead atoms. The van der Waals surface area contributed by atoms with E-state index in [-0.39, 0.29) is 11.7 Å². The second-order valence-electron chi connectivity index (χ2n) is 5.34. The smallest absolute Gasteiger partial charge is 0.294 e. The highest BCUT2D eigenvalue weighted by atomic mass is 16.5. The molecule has 1 aliphatic rings. The van der Waals surface area contributed by atoms with Crippen molar-refractivity contribution in [2.75, 3.05) is 5.32 Å². The number of hydrogen-bond acceptors (Lipinski definition) is 4. The first-order chi connectivity index (χ1) is 10.2. The number of anilines is 1. The van der Waals surface area contributed by atoms with Gasteiger partial charge in [0.2, 0.25) is 5.76 Å². The molecular formula is C16H18N2O3. The number of aryl methyl sites for hydroxylation is 1. The van der Waals surface area contributed by atoms with Gasteiger partial charge in [-0.05, 0) is 56.9 Å². The summed E-state index contributed by atoms with van der Waals surface area (Å²) >= 11 is 0. The molecular weight excluding hydrogens is 268 g/mol. The maximum Gasteiger partial charge on any atom is 0.294 e. The molecule has 1 aromatic heterocycles. The summed E-state index contributed by atoms with van der Waals surface area (Å²) in [5.41, 5.74) is 1.38. The third kappa shape index (κ3) is 3.42. The number of nitrogens with one attached hydrogen (secondary N) is 1. The van der Waals surface area contributed by atoms with E-state index in [4.69, 9.17) is 9.26 Å². The van der Waals surface area contributed by atoms with Crippen molar-refractivity contribution < 1.29 is 14.1 Å². The third-order valence-electron chi connectivity index (χ3n) is 3.57. The number of amides is 1. The van der Waals surface area contributed by atoms with Gasteiger partial charge >= 0.3 is 0 Å². The second kappa shape index (κ2) is 5.99. The number of carbonyl (C=O) groups excluding carboxylic acids is 1. The van der Waals surface area contributed by atoms with E-state index in [1.165, 1.54) is 12.8 Å². The first-order valence-electron chi connectivity index (χ1n) is 7.22. The fourth-order valence-corrected chi connectivity index (χ4v) is 2.48. The van der Waals surface area contributed by atoms with Crippen LogP contribution in [0.5, 0.6) is 5.75 Å². The molecule has 0 aliphatic heterocycles.